The summed E-state index contributed by atoms with van der Waals surface area (Å²) in [7, 11) is 0. The molecule has 0 aromatic heterocycles. The highest BCUT2D eigenvalue weighted by atomic mass is 16.4. The fraction of sp³-hybridized carbons (Fsp3) is 0.222. The fourth-order valence-electron chi connectivity index (χ4n) is 1.15. The maximum Gasteiger partial charge on any atom is 0.322 e. The van der Waals surface area contributed by atoms with Crippen LogP contribution in [-0.4, -0.2) is 27.9 Å². The van der Waals surface area contributed by atoms with Crippen LogP contribution in [-0.2, 0) is 14.4 Å². The number of carboxylic acid groups (broad SMARTS) is 2. The molecule has 0 atom stereocenters. The molecule has 1 rings (SSSR count). The van der Waals surface area contributed by atoms with Crippen LogP contribution in [0.3, 0.4) is 0 Å². The topological polar surface area (TPSA) is 91.7 Å². The summed E-state index contributed by atoms with van der Waals surface area (Å²) in [6, 6.07) is 0. The lowest BCUT2D eigenvalue weighted by molar-refractivity contribution is -0.152. The summed E-state index contributed by atoms with van der Waals surface area (Å²) in [5.41, 5.74) is 0.143. The van der Waals surface area contributed by atoms with Crippen molar-refractivity contribution in [3.8, 4) is 0 Å². The van der Waals surface area contributed by atoms with Crippen molar-refractivity contribution in [2.45, 2.75) is 6.42 Å². The van der Waals surface area contributed by atoms with Crippen molar-refractivity contribution < 1.29 is 24.6 Å². The molecule has 5 heteroatoms. The van der Waals surface area contributed by atoms with E-state index in [0.717, 1.165) is 0 Å². The van der Waals surface area contributed by atoms with E-state index in [1.165, 1.54) is 18.2 Å². The maximum absolute atomic E-state index is 10.7. The molecule has 5 nitrogen and oxygen atoms in total. The van der Waals surface area contributed by atoms with Crippen LogP contribution in [0.4, 0.5) is 0 Å². The second-order valence-corrected chi connectivity index (χ2v) is 2.82. The first-order chi connectivity index (χ1) is 6.52. The normalized spacial score (nSPS) is 15.5. The van der Waals surface area contributed by atoms with E-state index in [2.05, 4.69) is 0 Å². The minimum atomic E-state index is -1.58. The zero-order valence-electron chi connectivity index (χ0n) is 7.14. The van der Waals surface area contributed by atoms with Gasteiger partial charge in [-0.2, -0.15) is 0 Å². The lowest BCUT2D eigenvalue weighted by Crippen LogP contribution is -2.25. The Morgan fingerprint density at radius 1 is 1.21 bits per heavy atom. The van der Waals surface area contributed by atoms with E-state index in [0.29, 0.717) is 0 Å². The third-order valence-corrected chi connectivity index (χ3v) is 1.83. The van der Waals surface area contributed by atoms with E-state index in [1.54, 1.807) is 0 Å². The van der Waals surface area contributed by atoms with Crippen molar-refractivity contribution in [2.24, 2.45) is 5.92 Å². The van der Waals surface area contributed by atoms with Crippen LogP contribution < -0.4 is 0 Å². The van der Waals surface area contributed by atoms with E-state index in [4.69, 9.17) is 10.2 Å². The monoisotopic (exact) mass is 196 g/mol. The van der Waals surface area contributed by atoms with E-state index in [9.17, 15) is 14.4 Å². The lowest BCUT2D eigenvalue weighted by atomic mass is 9.94. The largest absolute Gasteiger partial charge is 0.480 e. The van der Waals surface area contributed by atoms with Crippen LogP contribution in [0.2, 0.25) is 0 Å². The molecule has 0 saturated carbocycles. The van der Waals surface area contributed by atoms with E-state index in [-0.39, 0.29) is 17.8 Å². The lowest BCUT2D eigenvalue weighted by Gasteiger charge is -2.10. The zero-order valence-corrected chi connectivity index (χ0v) is 7.14. The third-order valence-electron chi connectivity index (χ3n) is 1.83. The Labute approximate surface area is 79.3 Å². The van der Waals surface area contributed by atoms with Crippen molar-refractivity contribution >= 4 is 17.7 Å². The van der Waals surface area contributed by atoms with Gasteiger partial charge in [-0.05, 0) is 11.6 Å². The summed E-state index contributed by atoms with van der Waals surface area (Å²) in [6.45, 7) is 0. The van der Waals surface area contributed by atoms with Crippen molar-refractivity contribution in [2.75, 3.05) is 0 Å². The molecule has 0 saturated heterocycles. The summed E-state index contributed by atoms with van der Waals surface area (Å²) >= 11 is 0. The average molecular weight is 196 g/mol. The number of rotatable bonds is 3. The Bertz CT molecular complexity index is 336. The third kappa shape index (κ3) is 2.07. The Kier molecular flexibility index (Phi) is 2.81. The SMILES string of the molecule is O=C1C=CC(C(C(=O)O)C(=O)O)=CC1. The first-order valence-electron chi connectivity index (χ1n) is 3.89. The Balaban J connectivity index is 2.92. The summed E-state index contributed by atoms with van der Waals surface area (Å²) in [5, 5.41) is 17.2. The van der Waals surface area contributed by atoms with Crippen molar-refractivity contribution in [3.63, 3.8) is 0 Å². The van der Waals surface area contributed by atoms with Gasteiger partial charge in [0.2, 0.25) is 0 Å². The molecule has 0 radical (unpaired) electrons. The number of hydrogen-bond acceptors (Lipinski definition) is 3. The molecule has 0 amide bonds. The number of carbonyl (C=O) groups excluding carboxylic acids is 1. The van der Waals surface area contributed by atoms with Crippen molar-refractivity contribution in [1.82, 2.24) is 0 Å². The van der Waals surface area contributed by atoms with Crippen LogP contribution in [0, 0.1) is 5.92 Å². The van der Waals surface area contributed by atoms with Crippen molar-refractivity contribution in [3.05, 3.63) is 23.8 Å². The van der Waals surface area contributed by atoms with E-state index < -0.39 is 17.9 Å². The molecule has 2 N–H and O–H groups in total. The molecule has 0 aromatic rings. The minimum Gasteiger partial charge on any atom is -0.480 e. The second kappa shape index (κ2) is 3.87. The van der Waals surface area contributed by atoms with Crippen LogP contribution in [0.25, 0.3) is 0 Å². The summed E-state index contributed by atoms with van der Waals surface area (Å²) < 4.78 is 0. The highest BCUT2D eigenvalue weighted by molar-refractivity contribution is 5.99. The van der Waals surface area contributed by atoms with Gasteiger partial charge in [0.1, 0.15) is 0 Å². The smallest absolute Gasteiger partial charge is 0.322 e. The fourth-order valence-corrected chi connectivity index (χ4v) is 1.15. The molecular weight excluding hydrogens is 188 g/mol. The van der Waals surface area contributed by atoms with Gasteiger partial charge >= 0.3 is 11.9 Å². The number of ketones is 1. The predicted molar refractivity (Wildman–Crippen MR) is 45.6 cm³/mol. The van der Waals surface area contributed by atoms with Crippen LogP contribution in [0.5, 0.6) is 0 Å². The molecule has 0 heterocycles. The summed E-state index contributed by atoms with van der Waals surface area (Å²) in [5.74, 6) is -4.60. The standard InChI is InChI=1S/C9H8O5/c10-6-3-1-5(2-4-6)7(8(11)12)9(13)14/h1-3,7H,4H2,(H,11,12)(H,13,14). The quantitative estimate of drug-likeness (QED) is 0.630. The zero-order chi connectivity index (χ0) is 10.7. The molecule has 0 spiro atoms. The first-order valence-corrected chi connectivity index (χ1v) is 3.89. The molecule has 0 aromatic carbocycles. The average Bonchev–Trinajstić information content (AvgIpc) is 2.07. The highest BCUT2D eigenvalue weighted by Crippen LogP contribution is 2.17. The molecule has 0 bridgehead atoms. The van der Waals surface area contributed by atoms with Gasteiger partial charge in [0.15, 0.2) is 11.7 Å². The Morgan fingerprint density at radius 2 is 1.79 bits per heavy atom. The number of allylic oxidation sites excluding steroid dienone is 3. The van der Waals surface area contributed by atoms with Gasteiger partial charge in [0.05, 0.1) is 0 Å². The first kappa shape index (κ1) is 10.2. The Hall–Kier alpha value is -1.91. The van der Waals surface area contributed by atoms with Gasteiger partial charge in [-0.25, -0.2) is 0 Å². The van der Waals surface area contributed by atoms with Gasteiger partial charge in [-0.3, -0.25) is 14.4 Å². The summed E-state index contributed by atoms with van der Waals surface area (Å²) in [4.78, 5) is 31.9. The minimum absolute atomic E-state index is 0.0584. The van der Waals surface area contributed by atoms with Crippen LogP contribution in [0.15, 0.2) is 23.8 Å². The second-order valence-electron chi connectivity index (χ2n) is 2.82. The van der Waals surface area contributed by atoms with Gasteiger partial charge in [-0.15, -0.1) is 0 Å². The molecule has 74 valence electrons. The number of carbonyl (C=O) groups is 3. The van der Waals surface area contributed by atoms with Crippen LogP contribution in [0.1, 0.15) is 6.42 Å². The number of aliphatic carboxylic acids is 2. The highest BCUT2D eigenvalue weighted by Gasteiger charge is 2.29. The molecule has 0 fully saturated rings. The number of hydrogen-bond donors (Lipinski definition) is 2. The van der Waals surface area contributed by atoms with Gasteiger partial charge < -0.3 is 10.2 Å². The van der Waals surface area contributed by atoms with Gasteiger partial charge in [-0.1, -0.05) is 12.2 Å². The van der Waals surface area contributed by atoms with E-state index >= 15 is 0 Å². The molecule has 0 unspecified atom stereocenters. The van der Waals surface area contributed by atoms with Crippen LogP contribution >= 0.6 is 0 Å². The van der Waals surface area contributed by atoms with Crippen molar-refractivity contribution in [1.29, 1.82) is 0 Å². The van der Waals surface area contributed by atoms with Gasteiger partial charge in [0, 0.05) is 6.42 Å². The van der Waals surface area contributed by atoms with Gasteiger partial charge in [0.25, 0.3) is 0 Å². The molecule has 1 aliphatic carbocycles. The number of carboxylic acids is 2. The molecule has 0 aliphatic heterocycles. The molecular formula is C9H8O5. The molecule has 1 aliphatic rings. The Morgan fingerprint density at radius 3 is 2.14 bits per heavy atom. The van der Waals surface area contributed by atoms with E-state index in [1.807, 2.05) is 0 Å². The maximum atomic E-state index is 10.7. The molecule has 14 heavy (non-hydrogen) atoms. The predicted octanol–water partition coefficient (Wildman–Crippen LogP) is 0.227. The summed E-state index contributed by atoms with van der Waals surface area (Å²) in [6.07, 6.45) is 3.81.